The quantitative estimate of drug-likeness (QED) is 0.136. The van der Waals surface area contributed by atoms with Crippen molar-refractivity contribution in [2.75, 3.05) is 13.2 Å². The lowest BCUT2D eigenvalue weighted by atomic mass is 10.0. The molecule has 5 heteroatoms. The summed E-state index contributed by atoms with van der Waals surface area (Å²) in [6, 6.07) is 14.4. The van der Waals surface area contributed by atoms with Gasteiger partial charge in [-0.2, -0.15) is 0 Å². The number of fused-ring (bicyclic) bond motifs is 1. The van der Waals surface area contributed by atoms with Gasteiger partial charge in [-0.3, -0.25) is 4.79 Å². The van der Waals surface area contributed by atoms with E-state index in [0.29, 0.717) is 13.0 Å². The molecule has 220 valence electrons. The van der Waals surface area contributed by atoms with Gasteiger partial charge in [0, 0.05) is 19.5 Å². The second-order valence-electron chi connectivity index (χ2n) is 11.4. The minimum Gasteiger partial charge on any atom is -0.483 e. The number of nitrogens with zero attached hydrogens (tertiary/aromatic N) is 2. The lowest BCUT2D eigenvalue weighted by Crippen LogP contribution is -2.31. The highest BCUT2D eigenvalue weighted by Crippen LogP contribution is 2.20. The molecule has 0 fully saturated rings. The molecular weight excluding hydrogens is 494 g/mol. The first kappa shape index (κ1) is 31.7. The zero-order chi connectivity index (χ0) is 28.4. The number of aromatic nitrogens is 2. The summed E-state index contributed by atoms with van der Waals surface area (Å²) in [5.41, 5.74) is 4.39. The Balaban J connectivity index is 1.33. The second-order valence-corrected chi connectivity index (χ2v) is 11.4. The lowest BCUT2D eigenvalue weighted by Gasteiger charge is -2.11. The van der Waals surface area contributed by atoms with E-state index in [1.165, 1.54) is 95.4 Å². The Labute approximate surface area is 243 Å². The summed E-state index contributed by atoms with van der Waals surface area (Å²) in [5.74, 6) is 1.72. The minimum atomic E-state index is -0.101. The van der Waals surface area contributed by atoms with Crippen molar-refractivity contribution >= 4 is 16.9 Å². The van der Waals surface area contributed by atoms with Gasteiger partial charge in [-0.15, -0.1) is 0 Å². The molecule has 1 amide bonds. The van der Waals surface area contributed by atoms with Crippen LogP contribution >= 0.6 is 0 Å². The van der Waals surface area contributed by atoms with Gasteiger partial charge in [0.15, 0.2) is 6.61 Å². The molecule has 0 unspecified atom stereocenters. The number of unbranched alkanes of at least 4 members (excludes halogenated alkanes) is 13. The third-order valence-corrected chi connectivity index (χ3v) is 7.84. The number of carbonyl (C=O) groups excluding carboxylic acids is 1. The molecule has 0 radical (unpaired) electrons. The van der Waals surface area contributed by atoms with Crippen LogP contribution in [0.5, 0.6) is 5.75 Å². The molecule has 0 saturated heterocycles. The van der Waals surface area contributed by atoms with Crippen LogP contribution in [0, 0.1) is 13.8 Å². The summed E-state index contributed by atoms with van der Waals surface area (Å²) in [6.45, 7) is 7.87. The highest BCUT2D eigenvalue weighted by Gasteiger charge is 2.11. The molecular formula is C35H53N3O2. The van der Waals surface area contributed by atoms with Crippen molar-refractivity contribution < 1.29 is 9.53 Å². The first-order valence-corrected chi connectivity index (χ1v) is 16.0. The maximum absolute atomic E-state index is 12.4. The molecule has 1 N–H and O–H groups in total. The monoisotopic (exact) mass is 547 g/mol. The van der Waals surface area contributed by atoms with Crippen LogP contribution in [0.3, 0.4) is 0 Å². The third-order valence-electron chi connectivity index (χ3n) is 7.84. The Morgan fingerprint density at radius 1 is 0.825 bits per heavy atom. The molecule has 3 aromatic rings. The molecule has 0 aliphatic rings. The van der Waals surface area contributed by atoms with Gasteiger partial charge in [-0.05, 0) is 49.6 Å². The number of carbonyl (C=O) groups is 1. The number of para-hydroxylation sites is 2. The van der Waals surface area contributed by atoms with Gasteiger partial charge >= 0.3 is 0 Å². The van der Waals surface area contributed by atoms with Gasteiger partial charge in [-0.25, -0.2) is 4.98 Å². The molecule has 0 saturated carbocycles. The average molecular weight is 548 g/mol. The Hall–Kier alpha value is -2.82. The topological polar surface area (TPSA) is 56.2 Å². The molecule has 0 atom stereocenters. The van der Waals surface area contributed by atoms with E-state index in [9.17, 15) is 4.79 Å². The van der Waals surface area contributed by atoms with Crippen LogP contribution in [0.4, 0.5) is 0 Å². The van der Waals surface area contributed by atoms with E-state index >= 15 is 0 Å². The highest BCUT2D eigenvalue weighted by molar-refractivity contribution is 5.78. The number of nitrogens with one attached hydrogen (secondary N) is 1. The van der Waals surface area contributed by atoms with Gasteiger partial charge in [0.1, 0.15) is 11.6 Å². The predicted octanol–water partition coefficient (Wildman–Crippen LogP) is 8.87. The molecule has 2 aromatic carbocycles. The number of hydrogen-bond acceptors (Lipinski definition) is 3. The Morgan fingerprint density at radius 3 is 2.12 bits per heavy atom. The number of ether oxygens (including phenoxy) is 1. The van der Waals surface area contributed by atoms with Crippen molar-refractivity contribution in [3.63, 3.8) is 0 Å². The van der Waals surface area contributed by atoms with Crippen molar-refractivity contribution in [1.29, 1.82) is 0 Å². The minimum absolute atomic E-state index is 0.0275. The molecule has 1 heterocycles. The van der Waals surface area contributed by atoms with Crippen LogP contribution in [-0.4, -0.2) is 28.6 Å². The number of aryl methyl sites for hydroxylation is 3. The molecule has 40 heavy (non-hydrogen) atoms. The summed E-state index contributed by atoms with van der Waals surface area (Å²) in [6.07, 6.45) is 19.9. The van der Waals surface area contributed by atoms with E-state index in [-0.39, 0.29) is 12.5 Å². The lowest BCUT2D eigenvalue weighted by molar-refractivity contribution is -0.123. The van der Waals surface area contributed by atoms with E-state index in [0.717, 1.165) is 34.8 Å². The normalized spacial score (nSPS) is 11.3. The number of benzene rings is 2. The van der Waals surface area contributed by atoms with Crippen molar-refractivity contribution in [3.05, 3.63) is 59.4 Å². The Kier molecular flexibility index (Phi) is 14.7. The third kappa shape index (κ3) is 11.3. The van der Waals surface area contributed by atoms with Crippen LogP contribution in [0.15, 0.2) is 42.5 Å². The van der Waals surface area contributed by atoms with Gasteiger partial charge in [0.05, 0.1) is 11.0 Å². The van der Waals surface area contributed by atoms with Crippen molar-refractivity contribution in [3.8, 4) is 5.75 Å². The van der Waals surface area contributed by atoms with Gasteiger partial charge in [0.25, 0.3) is 5.91 Å². The fourth-order valence-electron chi connectivity index (χ4n) is 5.40. The fraction of sp³-hybridized carbons (Fsp3) is 0.600. The van der Waals surface area contributed by atoms with E-state index < -0.39 is 0 Å². The van der Waals surface area contributed by atoms with Crippen LogP contribution in [0.25, 0.3) is 11.0 Å². The summed E-state index contributed by atoms with van der Waals surface area (Å²) in [4.78, 5) is 17.3. The van der Waals surface area contributed by atoms with E-state index in [1.807, 2.05) is 38.1 Å². The number of amides is 1. The smallest absolute Gasteiger partial charge is 0.257 e. The van der Waals surface area contributed by atoms with E-state index in [2.05, 4.69) is 35.0 Å². The molecule has 5 nitrogen and oxygen atoms in total. The number of hydrogen-bond donors (Lipinski definition) is 1. The maximum atomic E-state index is 12.4. The first-order valence-electron chi connectivity index (χ1n) is 16.0. The molecule has 1 aromatic heterocycles. The summed E-state index contributed by atoms with van der Waals surface area (Å²) in [7, 11) is 0. The van der Waals surface area contributed by atoms with Gasteiger partial charge in [-0.1, -0.05) is 115 Å². The zero-order valence-corrected chi connectivity index (χ0v) is 25.5. The van der Waals surface area contributed by atoms with Crippen molar-refractivity contribution in [1.82, 2.24) is 14.9 Å². The maximum Gasteiger partial charge on any atom is 0.257 e. The summed E-state index contributed by atoms with van der Waals surface area (Å²) >= 11 is 0. The van der Waals surface area contributed by atoms with E-state index in [1.54, 1.807) is 0 Å². The van der Waals surface area contributed by atoms with Crippen LogP contribution in [-0.2, 0) is 17.8 Å². The molecule has 0 bridgehead atoms. The Bertz CT molecular complexity index is 1140. The molecule has 0 aliphatic heterocycles. The number of imidazole rings is 1. The molecule has 0 aliphatic carbocycles. The Morgan fingerprint density at radius 2 is 1.45 bits per heavy atom. The first-order chi connectivity index (χ1) is 19.6. The number of rotatable bonds is 21. The second kappa shape index (κ2) is 18.5. The summed E-state index contributed by atoms with van der Waals surface area (Å²) < 4.78 is 8.11. The molecule has 0 spiro atoms. The predicted molar refractivity (Wildman–Crippen MR) is 168 cm³/mol. The van der Waals surface area contributed by atoms with Crippen LogP contribution < -0.4 is 10.1 Å². The van der Waals surface area contributed by atoms with Crippen molar-refractivity contribution in [2.24, 2.45) is 0 Å². The highest BCUT2D eigenvalue weighted by atomic mass is 16.5. The standard InChI is InChI=1S/C35H53N3O2/c1-4-5-6-7-8-9-10-11-12-13-14-15-16-19-26-38-32-21-18-17-20-31(32)37-34(38)24-25-36-35(39)28-40-33-27-29(2)22-23-30(33)3/h17-18,20-23,27H,4-16,19,24-26,28H2,1-3H3,(H,36,39). The van der Waals surface area contributed by atoms with Gasteiger partial charge < -0.3 is 14.6 Å². The SMILES string of the molecule is CCCCCCCCCCCCCCCCn1c(CCNC(=O)COc2cc(C)ccc2C)nc2ccccc21. The largest absolute Gasteiger partial charge is 0.483 e. The van der Waals surface area contributed by atoms with Crippen LogP contribution in [0.1, 0.15) is 114 Å². The van der Waals surface area contributed by atoms with Crippen LogP contribution in [0.2, 0.25) is 0 Å². The molecule has 3 rings (SSSR count). The van der Waals surface area contributed by atoms with E-state index in [4.69, 9.17) is 9.72 Å². The zero-order valence-electron chi connectivity index (χ0n) is 25.5. The average Bonchev–Trinajstić information content (AvgIpc) is 3.30. The van der Waals surface area contributed by atoms with Gasteiger partial charge in [0.2, 0.25) is 0 Å². The van der Waals surface area contributed by atoms with Crippen molar-refractivity contribution in [2.45, 2.75) is 124 Å². The summed E-state index contributed by atoms with van der Waals surface area (Å²) in [5, 5.41) is 3.01. The fourth-order valence-corrected chi connectivity index (χ4v) is 5.40.